The summed E-state index contributed by atoms with van der Waals surface area (Å²) in [5, 5.41) is 4.22. The maximum absolute atomic E-state index is 3.31. The first-order chi connectivity index (χ1) is 13.9. The normalized spacial score (nSPS) is 11.4. The Morgan fingerprint density at radius 1 is 0.571 bits per heavy atom. The summed E-state index contributed by atoms with van der Waals surface area (Å²) in [5.74, 6) is 0. The summed E-state index contributed by atoms with van der Waals surface area (Å²) in [7, 11) is 0. The summed E-state index contributed by atoms with van der Waals surface area (Å²) < 4.78 is 0. The van der Waals surface area contributed by atoms with Gasteiger partial charge in [-0.3, -0.25) is 0 Å². The summed E-state index contributed by atoms with van der Waals surface area (Å²) >= 11 is 3.54. The number of rotatable bonds is 2. The molecule has 0 fully saturated rings. The highest BCUT2D eigenvalue weighted by Gasteiger charge is 2.15. The minimum atomic E-state index is 1.10. The largest absolute Gasteiger partial charge is 0.360 e. The molecule has 0 spiro atoms. The lowest BCUT2D eigenvalue weighted by Crippen LogP contribution is -1.77. The zero-order valence-corrected chi connectivity index (χ0v) is 16.9. The van der Waals surface area contributed by atoms with Crippen LogP contribution in [0.2, 0.25) is 0 Å². The van der Waals surface area contributed by atoms with Gasteiger partial charge in [-0.1, -0.05) is 60.7 Å². The number of hydrogen-bond donors (Lipinski definition) is 1. The topological polar surface area (TPSA) is 15.8 Å². The fourth-order valence-electron chi connectivity index (χ4n) is 3.71. The Morgan fingerprint density at radius 3 is 1.79 bits per heavy atom. The van der Waals surface area contributed by atoms with Crippen molar-refractivity contribution in [2.75, 3.05) is 0 Å². The molecular weight excluding hydrogens is 378 g/mol. The summed E-state index contributed by atoms with van der Waals surface area (Å²) in [6, 6.07) is 27.9. The summed E-state index contributed by atoms with van der Waals surface area (Å²) in [6.45, 7) is 0. The average molecular weight is 398 g/mol. The van der Waals surface area contributed by atoms with Crippen LogP contribution < -0.4 is 0 Å². The molecule has 3 heteroatoms. The second kappa shape index (κ2) is 7.63. The number of aromatic amines is 1. The molecule has 3 heterocycles. The molecule has 1 aliphatic rings. The number of aromatic nitrogens is 1. The minimum absolute atomic E-state index is 1.10. The summed E-state index contributed by atoms with van der Waals surface area (Å²) in [5.41, 5.74) is 8.28. The molecule has 1 aliphatic carbocycles. The number of benzene rings is 2. The van der Waals surface area contributed by atoms with Gasteiger partial charge in [0.2, 0.25) is 0 Å². The third-order valence-corrected chi connectivity index (χ3v) is 6.80. The SMILES string of the molecule is c1ccc2c(c1)Cc1ccccc1-2.c1csc(-c2cc[nH]c2-c2cccs2)c1. The Balaban J connectivity index is 0.000000123. The van der Waals surface area contributed by atoms with Crippen LogP contribution in [0.15, 0.2) is 95.8 Å². The number of fused-ring (bicyclic) bond motifs is 3. The zero-order valence-electron chi connectivity index (χ0n) is 15.3. The highest BCUT2D eigenvalue weighted by atomic mass is 32.1. The van der Waals surface area contributed by atoms with Crippen molar-refractivity contribution in [2.45, 2.75) is 6.42 Å². The fraction of sp³-hybridized carbons (Fsp3) is 0.0400. The molecule has 0 saturated carbocycles. The van der Waals surface area contributed by atoms with Crippen LogP contribution in [-0.4, -0.2) is 4.98 Å². The smallest absolute Gasteiger partial charge is 0.0643 e. The van der Waals surface area contributed by atoms with Crippen molar-refractivity contribution in [3.8, 4) is 32.1 Å². The minimum Gasteiger partial charge on any atom is -0.360 e. The molecule has 3 aromatic heterocycles. The van der Waals surface area contributed by atoms with Gasteiger partial charge in [0.25, 0.3) is 0 Å². The predicted molar refractivity (Wildman–Crippen MR) is 122 cm³/mol. The van der Waals surface area contributed by atoms with Crippen LogP contribution >= 0.6 is 22.7 Å². The number of thiophene rings is 2. The van der Waals surface area contributed by atoms with E-state index in [9.17, 15) is 0 Å². The zero-order chi connectivity index (χ0) is 18.8. The monoisotopic (exact) mass is 397 g/mol. The van der Waals surface area contributed by atoms with Crippen molar-refractivity contribution in [3.05, 3.63) is 107 Å². The standard InChI is InChI=1S/C13H10.C12H9NS2/c1-3-7-12-10(5-1)9-11-6-2-4-8-13(11)12;1-3-10(14-7-1)9-5-6-13-12(9)11-4-2-8-15-11/h1-8H,9H2;1-8,13H. The Labute approximate surface area is 173 Å². The molecule has 0 radical (unpaired) electrons. The van der Waals surface area contributed by atoms with Gasteiger partial charge >= 0.3 is 0 Å². The lowest BCUT2D eigenvalue weighted by atomic mass is 10.1. The molecule has 0 atom stereocenters. The second-order valence-electron chi connectivity index (χ2n) is 6.71. The van der Waals surface area contributed by atoms with Gasteiger partial charge in [0.1, 0.15) is 0 Å². The molecular formula is C25H19NS2. The van der Waals surface area contributed by atoms with Crippen LogP contribution in [0.1, 0.15) is 11.1 Å². The summed E-state index contributed by atoms with van der Waals surface area (Å²) in [4.78, 5) is 5.93. The maximum atomic E-state index is 3.31. The fourth-order valence-corrected chi connectivity index (χ4v) is 5.22. The van der Waals surface area contributed by atoms with E-state index >= 15 is 0 Å². The maximum Gasteiger partial charge on any atom is 0.0643 e. The van der Waals surface area contributed by atoms with E-state index in [0.29, 0.717) is 0 Å². The van der Waals surface area contributed by atoms with Gasteiger partial charge in [-0.2, -0.15) is 0 Å². The van der Waals surface area contributed by atoms with Crippen molar-refractivity contribution in [2.24, 2.45) is 0 Å². The van der Waals surface area contributed by atoms with Crippen LogP contribution in [0.4, 0.5) is 0 Å². The number of hydrogen-bond acceptors (Lipinski definition) is 2. The van der Waals surface area contributed by atoms with E-state index in [0.717, 1.165) is 6.42 Å². The van der Waals surface area contributed by atoms with Crippen LogP contribution in [0.3, 0.4) is 0 Å². The molecule has 0 amide bonds. The van der Waals surface area contributed by atoms with Crippen molar-refractivity contribution in [3.63, 3.8) is 0 Å². The third-order valence-electron chi connectivity index (χ3n) is 5.01. The van der Waals surface area contributed by atoms with E-state index in [2.05, 4.69) is 94.6 Å². The number of nitrogens with one attached hydrogen (secondary N) is 1. The molecule has 0 bridgehead atoms. The highest BCUT2D eigenvalue weighted by molar-refractivity contribution is 7.14. The quantitative estimate of drug-likeness (QED) is 0.308. The molecule has 2 aromatic carbocycles. The van der Waals surface area contributed by atoms with Gasteiger partial charge in [0.15, 0.2) is 0 Å². The van der Waals surface area contributed by atoms with E-state index in [1.165, 1.54) is 43.3 Å². The average Bonchev–Trinajstić information content (AvgIpc) is 3.54. The molecule has 0 saturated heterocycles. The van der Waals surface area contributed by atoms with Crippen LogP contribution in [0.25, 0.3) is 32.1 Å². The van der Waals surface area contributed by atoms with Gasteiger partial charge < -0.3 is 4.98 Å². The Morgan fingerprint density at radius 2 is 1.18 bits per heavy atom. The predicted octanol–water partition coefficient (Wildman–Crippen LogP) is 7.73. The Bertz CT molecular complexity index is 1090. The van der Waals surface area contributed by atoms with E-state index in [1.54, 1.807) is 22.7 Å². The van der Waals surface area contributed by atoms with Gasteiger partial charge in [-0.05, 0) is 57.6 Å². The molecule has 0 unspecified atom stereocenters. The van der Waals surface area contributed by atoms with Crippen LogP contribution in [-0.2, 0) is 6.42 Å². The first-order valence-corrected chi connectivity index (χ1v) is 11.1. The van der Waals surface area contributed by atoms with Crippen molar-refractivity contribution in [1.82, 2.24) is 4.98 Å². The Hall–Kier alpha value is -2.88. The van der Waals surface area contributed by atoms with Gasteiger partial charge in [0, 0.05) is 16.6 Å². The second-order valence-corrected chi connectivity index (χ2v) is 8.61. The van der Waals surface area contributed by atoms with E-state index in [4.69, 9.17) is 0 Å². The molecule has 1 nitrogen and oxygen atoms in total. The third kappa shape index (κ3) is 3.24. The Kier molecular flexibility index (Phi) is 4.69. The molecule has 6 rings (SSSR count). The van der Waals surface area contributed by atoms with Gasteiger partial charge in [0.05, 0.1) is 10.6 Å². The molecule has 136 valence electrons. The van der Waals surface area contributed by atoms with E-state index in [1.807, 2.05) is 6.20 Å². The van der Waals surface area contributed by atoms with E-state index in [-0.39, 0.29) is 0 Å². The van der Waals surface area contributed by atoms with Crippen LogP contribution in [0.5, 0.6) is 0 Å². The van der Waals surface area contributed by atoms with Crippen molar-refractivity contribution >= 4 is 22.7 Å². The molecule has 5 aromatic rings. The molecule has 28 heavy (non-hydrogen) atoms. The van der Waals surface area contributed by atoms with Crippen molar-refractivity contribution < 1.29 is 0 Å². The molecule has 1 N–H and O–H groups in total. The molecule has 0 aliphatic heterocycles. The van der Waals surface area contributed by atoms with Crippen LogP contribution in [0, 0.1) is 0 Å². The lowest BCUT2D eigenvalue weighted by molar-refractivity contribution is 1.26. The summed E-state index contributed by atoms with van der Waals surface area (Å²) in [6.07, 6.45) is 3.11. The lowest BCUT2D eigenvalue weighted by Gasteiger charge is -1.98. The van der Waals surface area contributed by atoms with E-state index < -0.39 is 0 Å². The first-order valence-electron chi connectivity index (χ1n) is 9.31. The van der Waals surface area contributed by atoms with Gasteiger partial charge in [-0.15, -0.1) is 22.7 Å². The highest BCUT2D eigenvalue weighted by Crippen LogP contribution is 2.36. The van der Waals surface area contributed by atoms with Gasteiger partial charge in [-0.25, -0.2) is 0 Å². The van der Waals surface area contributed by atoms with Crippen molar-refractivity contribution in [1.29, 1.82) is 0 Å². The number of H-pyrrole nitrogens is 1. The first kappa shape index (κ1) is 17.2.